The van der Waals surface area contributed by atoms with Crippen molar-refractivity contribution in [1.29, 1.82) is 0 Å². The van der Waals surface area contributed by atoms with E-state index in [1.165, 1.54) is 14.6 Å². The molecule has 1 aromatic carbocycles. The molecule has 20 heavy (non-hydrogen) atoms. The molecule has 0 spiro atoms. The lowest BCUT2D eigenvalue weighted by atomic mass is 10.2. The van der Waals surface area contributed by atoms with Gasteiger partial charge in [-0.15, -0.1) is 11.3 Å². The van der Waals surface area contributed by atoms with Gasteiger partial charge in [0, 0.05) is 21.1 Å². The number of benzene rings is 1. The van der Waals surface area contributed by atoms with Crippen LogP contribution in [0, 0.1) is 0 Å². The summed E-state index contributed by atoms with van der Waals surface area (Å²) in [6, 6.07) is 8.32. The van der Waals surface area contributed by atoms with Crippen molar-refractivity contribution < 1.29 is 0 Å². The monoisotopic (exact) mass is 279 g/mol. The minimum Gasteiger partial charge on any atom is -0.362 e. The van der Waals surface area contributed by atoms with Gasteiger partial charge < -0.3 is 5.32 Å². The highest BCUT2D eigenvalue weighted by atomic mass is 32.1. The van der Waals surface area contributed by atoms with E-state index in [1.54, 1.807) is 23.5 Å². The highest BCUT2D eigenvalue weighted by molar-refractivity contribution is 7.17. The van der Waals surface area contributed by atoms with E-state index < -0.39 is 0 Å². The first kappa shape index (κ1) is 14.1. The first-order valence-electron chi connectivity index (χ1n) is 6.31. The molecule has 2 heteroatoms. The van der Waals surface area contributed by atoms with Crippen LogP contribution in [0.5, 0.6) is 0 Å². The fourth-order valence-corrected chi connectivity index (χ4v) is 2.90. The van der Waals surface area contributed by atoms with Crippen LogP contribution in [0.25, 0.3) is 22.7 Å². The summed E-state index contributed by atoms with van der Waals surface area (Å²) < 4.78 is 2.44. The Hall–Kier alpha value is -2.32. The molecule has 2 aromatic rings. The van der Waals surface area contributed by atoms with Crippen LogP contribution >= 0.6 is 11.3 Å². The molecule has 0 radical (unpaired) electrons. The van der Waals surface area contributed by atoms with Gasteiger partial charge in [0.1, 0.15) is 0 Å². The van der Waals surface area contributed by atoms with Gasteiger partial charge in [-0.05, 0) is 41.0 Å². The van der Waals surface area contributed by atoms with Crippen molar-refractivity contribution in [2.45, 2.75) is 0 Å². The first-order valence-corrected chi connectivity index (χ1v) is 7.13. The van der Waals surface area contributed by atoms with Crippen LogP contribution in [0.1, 0.15) is 0 Å². The fourth-order valence-electron chi connectivity index (χ4n) is 1.83. The molecule has 0 aliphatic rings. The predicted molar refractivity (Wildman–Crippen MR) is 91.8 cm³/mol. The van der Waals surface area contributed by atoms with Crippen molar-refractivity contribution in [2.24, 2.45) is 0 Å². The van der Waals surface area contributed by atoms with Crippen LogP contribution in [0.4, 0.5) is 0 Å². The molecule has 100 valence electrons. The largest absolute Gasteiger partial charge is 0.362 e. The zero-order chi connectivity index (χ0) is 14.4. The Labute approximate surface area is 123 Å². The van der Waals surface area contributed by atoms with Gasteiger partial charge in [0.15, 0.2) is 0 Å². The van der Waals surface area contributed by atoms with Crippen molar-refractivity contribution in [1.82, 2.24) is 5.32 Å². The van der Waals surface area contributed by atoms with Gasteiger partial charge >= 0.3 is 0 Å². The molecule has 0 fully saturated rings. The van der Waals surface area contributed by atoms with Crippen LogP contribution in [-0.4, -0.2) is 0 Å². The van der Waals surface area contributed by atoms with Gasteiger partial charge in [0.05, 0.1) is 0 Å². The maximum atomic E-state index is 4.15. The Kier molecular flexibility index (Phi) is 4.75. The number of hydrogen-bond donors (Lipinski definition) is 1. The summed E-state index contributed by atoms with van der Waals surface area (Å²) >= 11 is 1.75. The Morgan fingerprint density at radius 1 is 1.20 bits per heavy atom. The topological polar surface area (TPSA) is 12.0 Å². The van der Waals surface area contributed by atoms with Crippen molar-refractivity contribution in [2.75, 3.05) is 0 Å². The molecular formula is C18H17NS. The average Bonchev–Trinajstić information content (AvgIpc) is 2.79. The fraction of sp³-hybridized carbons (Fsp3) is 0. The third-order valence-electron chi connectivity index (χ3n) is 2.84. The molecule has 0 saturated carbocycles. The van der Waals surface area contributed by atoms with Crippen LogP contribution in [0.2, 0.25) is 0 Å². The van der Waals surface area contributed by atoms with E-state index in [9.17, 15) is 0 Å². The van der Waals surface area contributed by atoms with Gasteiger partial charge in [0.2, 0.25) is 0 Å². The molecular weight excluding hydrogens is 262 g/mol. The van der Waals surface area contributed by atoms with E-state index in [0.717, 1.165) is 10.9 Å². The Balaban J connectivity index is 2.24. The molecule has 2 rings (SSSR count). The summed E-state index contributed by atoms with van der Waals surface area (Å²) in [6.07, 6.45) is 11.2. The molecule has 0 bridgehead atoms. The molecule has 0 aliphatic carbocycles. The number of allylic oxidation sites excluding steroid dienone is 4. The van der Waals surface area contributed by atoms with Crippen LogP contribution in [0.3, 0.4) is 0 Å². The van der Waals surface area contributed by atoms with Crippen molar-refractivity contribution in [3.05, 3.63) is 83.4 Å². The number of hydrogen-bond acceptors (Lipinski definition) is 2. The van der Waals surface area contributed by atoms with Crippen LogP contribution in [0.15, 0.2) is 73.6 Å². The van der Waals surface area contributed by atoms with Crippen molar-refractivity contribution in [3.8, 4) is 0 Å². The average molecular weight is 279 g/mol. The second-order valence-electron chi connectivity index (χ2n) is 4.17. The smallest absolute Gasteiger partial charge is 0.0373 e. The van der Waals surface area contributed by atoms with Gasteiger partial charge in [-0.1, -0.05) is 44.0 Å². The van der Waals surface area contributed by atoms with E-state index in [2.05, 4.69) is 49.3 Å². The van der Waals surface area contributed by atoms with E-state index in [0.29, 0.717) is 0 Å². The Morgan fingerprint density at radius 2 is 2.00 bits per heavy atom. The molecule has 1 aromatic heterocycles. The minimum atomic E-state index is 0.913. The highest BCUT2D eigenvalue weighted by Gasteiger charge is 1.96. The SMILES string of the molecule is C=C/C=C(\C=C)N/C=C/C=c1/sc2ccccc2c1=C. The first-order chi connectivity index (χ1) is 9.76. The Bertz CT molecular complexity index is 790. The van der Waals surface area contributed by atoms with Gasteiger partial charge in [-0.3, -0.25) is 0 Å². The maximum absolute atomic E-state index is 4.15. The predicted octanol–water partition coefficient (Wildman–Crippen LogP) is 3.45. The molecule has 1 N–H and O–H groups in total. The standard InChI is InChI=1S/C18H17NS/c1-4-9-15(5-2)19-13-8-12-17-14(3)16-10-6-7-11-18(16)20-17/h4-13,19H,1-3H2/b13-8+,15-9+,17-12+. The second kappa shape index (κ2) is 6.73. The third-order valence-corrected chi connectivity index (χ3v) is 4.02. The zero-order valence-corrected chi connectivity index (χ0v) is 12.1. The van der Waals surface area contributed by atoms with Crippen LogP contribution in [-0.2, 0) is 0 Å². The maximum Gasteiger partial charge on any atom is 0.0373 e. The van der Waals surface area contributed by atoms with E-state index in [4.69, 9.17) is 0 Å². The molecule has 0 aliphatic heterocycles. The molecule has 1 nitrogen and oxygen atoms in total. The number of fused-ring (bicyclic) bond motifs is 1. The van der Waals surface area contributed by atoms with E-state index in [1.807, 2.05) is 24.4 Å². The zero-order valence-electron chi connectivity index (χ0n) is 11.3. The summed E-state index contributed by atoms with van der Waals surface area (Å²) in [7, 11) is 0. The lowest BCUT2D eigenvalue weighted by molar-refractivity contribution is 1.12. The van der Waals surface area contributed by atoms with Crippen molar-refractivity contribution >= 4 is 34.1 Å². The number of nitrogens with one attached hydrogen (secondary N) is 1. The number of thiophene rings is 1. The normalized spacial score (nSPS) is 13.0. The number of rotatable bonds is 5. The van der Waals surface area contributed by atoms with Gasteiger partial charge in [-0.25, -0.2) is 0 Å². The summed E-state index contributed by atoms with van der Waals surface area (Å²) in [4.78, 5) is 0. The molecule has 1 heterocycles. The summed E-state index contributed by atoms with van der Waals surface area (Å²) in [5.74, 6) is 0. The second-order valence-corrected chi connectivity index (χ2v) is 5.26. The van der Waals surface area contributed by atoms with Gasteiger partial charge in [-0.2, -0.15) is 0 Å². The molecule has 0 atom stereocenters. The molecule has 0 unspecified atom stereocenters. The van der Waals surface area contributed by atoms with Gasteiger partial charge in [0.25, 0.3) is 0 Å². The lowest BCUT2D eigenvalue weighted by Crippen LogP contribution is -2.15. The molecule has 0 amide bonds. The molecule has 0 saturated heterocycles. The van der Waals surface area contributed by atoms with Crippen molar-refractivity contribution in [3.63, 3.8) is 0 Å². The van der Waals surface area contributed by atoms with E-state index >= 15 is 0 Å². The quantitative estimate of drug-likeness (QED) is 0.827. The lowest BCUT2D eigenvalue weighted by Gasteiger charge is -1.97. The Morgan fingerprint density at radius 3 is 2.70 bits per heavy atom. The minimum absolute atomic E-state index is 0.913. The van der Waals surface area contributed by atoms with Crippen LogP contribution < -0.4 is 15.1 Å². The summed E-state index contributed by atoms with van der Waals surface area (Å²) in [6.45, 7) is 11.5. The highest BCUT2D eigenvalue weighted by Crippen LogP contribution is 2.11. The third kappa shape index (κ3) is 3.16. The summed E-state index contributed by atoms with van der Waals surface area (Å²) in [5, 5.41) is 5.45. The summed E-state index contributed by atoms with van der Waals surface area (Å²) in [5.41, 5.74) is 0.913. The van der Waals surface area contributed by atoms with E-state index in [-0.39, 0.29) is 0 Å².